The van der Waals surface area contributed by atoms with Crippen molar-refractivity contribution in [2.75, 3.05) is 17.7 Å². The van der Waals surface area contributed by atoms with Gasteiger partial charge in [0, 0.05) is 5.75 Å². The van der Waals surface area contributed by atoms with Gasteiger partial charge in [0.1, 0.15) is 5.75 Å². The Labute approximate surface area is 125 Å². The highest BCUT2D eigenvalue weighted by atomic mass is 32.2. The number of aliphatic imine (C=N–C) groups is 1. The third-order valence-corrected chi connectivity index (χ3v) is 5.18. The molecule has 0 radical (unpaired) electrons. The SMILES string of the molecule is CCOc1ccccc1NC1=NC2(CCCCC2)CS1. The van der Waals surface area contributed by atoms with Gasteiger partial charge in [0.25, 0.3) is 0 Å². The van der Waals surface area contributed by atoms with Crippen LogP contribution >= 0.6 is 11.8 Å². The number of hydrogen-bond acceptors (Lipinski definition) is 4. The predicted octanol–water partition coefficient (Wildman–Crippen LogP) is 4.30. The molecular weight excluding hydrogens is 268 g/mol. The lowest BCUT2D eigenvalue weighted by atomic mass is 9.84. The van der Waals surface area contributed by atoms with Crippen LogP contribution in [0.3, 0.4) is 0 Å². The third kappa shape index (κ3) is 2.95. The van der Waals surface area contributed by atoms with Crippen molar-refractivity contribution in [1.82, 2.24) is 0 Å². The molecule has 1 saturated carbocycles. The first kappa shape index (κ1) is 13.8. The summed E-state index contributed by atoms with van der Waals surface area (Å²) in [6, 6.07) is 8.09. The van der Waals surface area contributed by atoms with E-state index in [2.05, 4.69) is 11.4 Å². The summed E-state index contributed by atoms with van der Waals surface area (Å²) in [5.74, 6) is 2.04. The lowest BCUT2D eigenvalue weighted by molar-refractivity contribution is 0.335. The Hall–Kier alpha value is -1.16. The number of ether oxygens (including phenoxy) is 1. The number of hydrogen-bond donors (Lipinski definition) is 1. The summed E-state index contributed by atoms with van der Waals surface area (Å²) in [6.07, 6.45) is 6.52. The highest BCUT2D eigenvalue weighted by Crippen LogP contribution is 2.40. The van der Waals surface area contributed by atoms with Crippen LogP contribution in [0.15, 0.2) is 29.3 Å². The molecule has 1 aliphatic carbocycles. The molecule has 20 heavy (non-hydrogen) atoms. The third-order valence-electron chi connectivity index (χ3n) is 4.03. The molecule has 2 aliphatic rings. The van der Waals surface area contributed by atoms with Crippen LogP contribution in [0.4, 0.5) is 5.69 Å². The Morgan fingerprint density at radius 3 is 2.85 bits per heavy atom. The molecule has 1 aliphatic heterocycles. The number of anilines is 1. The number of benzene rings is 1. The molecule has 0 saturated heterocycles. The molecule has 108 valence electrons. The maximum Gasteiger partial charge on any atom is 0.161 e. The fourth-order valence-electron chi connectivity index (χ4n) is 2.98. The van der Waals surface area contributed by atoms with E-state index in [1.807, 2.05) is 36.9 Å². The lowest BCUT2D eigenvalue weighted by Crippen LogP contribution is -2.29. The van der Waals surface area contributed by atoms with Crippen LogP contribution in [0.2, 0.25) is 0 Å². The van der Waals surface area contributed by atoms with Crippen molar-refractivity contribution in [2.24, 2.45) is 4.99 Å². The van der Waals surface area contributed by atoms with Crippen molar-refractivity contribution in [3.63, 3.8) is 0 Å². The molecule has 1 aromatic rings. The largest absolute Gasteiger partial charge is 0.492 e. The molecule has 3 rings (SSSR count). The topological polar surface area (TPSA) is 33.6 Å². The zero-order valence-corrected chi connectivity index (χ0v) is 12.8. The van der Waals surface area contributed by atoms with Gasteiger partial charge in [-0.05, 0) is 31.9 Å². The number of para-hydroxylation sites is 2. The maximum absolute atomic E-state index is 5.66. The first-order valence-corrected chi connectivity index (χ1v) is 8.51. The highest BCUT2D eigenvalue weighted by molar-refractivity contribution is 8.14. The van der Waals surface area contributed by atoms with E-state index in [-0.39, 0.29) is 5.54 Å². The van der Waals surface area contributed by atoms with E-state index in [1.165, 1.54) is 32.1 Å². The van der Waals surface area contributed by atoms with Crippen LogP contribution in [-0.4, -0.2) is 23.1 Å². The molecule has 0 atom stereocenters. The first-order chi connectivity index (χ1) is 9.81. The van der Waals surface area contributed by atoms with Gasteiger partial charge in [-0.25, -0.2) is 0 Å². The van der Waals surface area contributed by atoms with Crippen molar-refractivity contribution in [1.29, 1.82) is 0 Å². The van der Waals surface area contributed by atoms with Gasteiger partial charge >= 0.3 is 0 Å². The van der Waals surface area contributed by atoms with Crippen molar-refractivity contribution >= 4 is 22.6 Å². The Bertz CT molecular complexity index is 495. The summed E-state index contributed by atoms with van der Waals surface area (Å²) in [7, 11) is 0. The van der Waals surface area contributed by atoms with E-state index in [0.717, 1.165) is 22.4 Å². The molecule has 1 heterocycles. The zero-order valence-electron chi connectivity index (χ0n) is 12.0. The van der Waals surface area contributed by atoms with Crippen molar-refractivity contribution in [3.8, 4) is 5.75 Å². The van der Waals surface area contributed by atoms with E-state index in [0.29, 0.717) is 6.61 Å². The molecule has 0 aromatic heterocycles. The fraction of sp³-hybridized carbons (Fsp3) is 0.562. The molecule has 4 heteroatoms. The quantitative estimate of drug-likeness (QED) is 0.901. The van der Waals surface area contributed by atoms with Gasteiger partial charge in [0.15, 0.2) is 5.17 Å². The highest BCUT2D eigenvalue weighted by Gasteiger charge is 2.36. The molecule has 3 nitrogen and oxygen atoms in total. The second-order valence-corrected chi connectivity index (χ2v) is 6.51. The average Bonchev–Trinajstić information content (AvgIpc) is 2.85. The average molecular weight is 290 g/mol. The predicted molar refractivity (Wildman–Crippen MR) is 86.9 cm³/mol. The van der Waals surface area contributed by atoms with Gasteiger partial charge in [-0.1, -0.05) is 43.2 Å². The molecule has 1 aromatic carbocycles. The second-order valence-electron chi connectivity index (χ2n) is 5.54. The van der Waals surface area contributed by atoms with Crippen LogP contribution in [0.1, 0.15) is 39.0 Å². The number of nitrogens with zero attached hydrogens (tertiary/aromatic N) is 1. The van der Waals surface area contributed by atoms with Gasteiger partial charge < -0.3 is 10.1 Å². The fourth-order valence-corrected chi connectivity index (χ4v) is 4.18. The molecule has 0 unspecified atom stereocenters. The van der Waals surface area contributed by atoms with Gasteiger partial charge in [-0.2, -0.15) is 0 Å². The minimum Gasteiger partial charge on any atom is -0.492 e. The van der Waals surface area contributed by atoms with Crippen molar-refractivity contribution < 1.29 is 4.74 Å². The minimum absolute atomic E-state index is 0.214. The minimum atomic E-state index is 0.214. The first-order valence-electron chi connectivity index (χ1n) is 7.53. The van der Waals surface area contributed by atoms with E-state index < -0.39 is 0 Å². The smallest absolute Gasteiger partial charge is 0.161 e. The summed E-state index contributed by atoms with van der Waals surface area (Å²) in [5, 5.41) is 4.51. The Kier molecular flexibility index (Phi) is 4.20. The van der Waals surface area contributed by atoms with E-state index in [4.69, 9.17) is 9.73 Å². The Morgan fingerprint density at radius 2 is 2.05 bits per heavy atom. The van der Waals surface area contributed by atoms with Gasteiger partial charge in [-0.15, -0.1) is 0 Å². The number of thioether (sulfide) groups is 1. The van der Waals surface area contributed by atoms with Gasteiger partial charge in [0.2, 0.25) is 0 Å². The van der Waals surface area contributed by atoms with Crippen molar-refractivity contribution in [2.45, 2.75) is 44.6 Å². The Morgan fingerprint density at radius 1 is 1.25 bits per heavy atom. The van der Waals surface area contributed by atoms with E-state index in [9.17, 15) is 0 Å². The summed E-state index contributed by atoms with van der Waals surface area (Å²) in [4.78, 5) is 4.99. The number of nitrogens with one attached hydrogen (secondary N) is 1. The van der Waals surface area contributed by atoms with Crippen LogP contribution in [0, 0.1) is 0 Å². The van der Waals surface area contributed by atoms with Gasteiger partial charge in [0.05, 0.1) is 17.8 Å². The lowest BCUT2D eigenvalue weighted by Gasteiger charge is -2.29. The van der Waals surface area contributed by atoms with Crippen LogP contribution in [-0.2, 0) is 0 Å². The van der Waals surface area contributed by atoms with Crippen LogP contribution in [0.5, 0.6) is 5.75 Å². The summed E-state index contributed by atoms with van der Waals surface area (Å²) < 4.78 is 5.66. The van der Waals surface area contributed by atoms with Crippen LogP contribution < -0.4 is 10.1 Å². The summed E-state index contributed by atoms with van der Waals surface area (Å²) in [5.41, 5.74) is 1.24. The van der Waals surface area contributed by atoms with E-state index >= 15 is 0 Å². The van der Waals surface area contributed by atoms with Gasteiger partial charge in [-0.3, -0.25) is 4.99 Å². The number of rotatable bonds is 3. The second kappa shape index (κ2) is 6.08. The summed E-state index contributed by atoms with van der Waals surface area (Å²) >= 11 is 1.85. The molecule has 0 bridgehead atoms. The van der Waals surface area contributed by atoms with E-state index in [1.54, 1.807) is 0 Å². The Balaban J connectivity index is 1.73. The molecule has 0 amide bonds. The molecule has 1 fully saturated rings. The molecular formula is C16H22N2OS. The maximum atomic E-state index is 5.66. The molecule has 1 spiro atoms. The molecule has 1 N–H and O–H groups in total. The summed E-state index contributed by atoms with van der Waals surface area (Å²) in [6.45, 7) is 2.69. The monoisotopic (exact) mass is 290 g/mol. The zero-order chi connectivity index (χ0) is 13.8. The number of amidine groups is 1. The van der Waals surface area contributed by atoms with Crippen LogP contribution in [0.25, 0.3) is 0 Å². The van der Waals surface area contributed by atoms with Crippen molar-refractivity contribution in [3.05, 3.63) is 24.3 Å². The standard InChI is InChI=1S/C16H22N2OS/c1-2-19-14-9-5-4-8-13(14)17-15-18-16(12-20-15)10-6-3-7-11-16/h4-5,8-9H,2-3,6-7,10-12H2,1H3,(H,17,18). The normalized spacial score (nSPS) is 20.8.